The third-order valence-corrected chi connectivity index (χ3v) is 5.01. The average Bonchev–Trinajstić information content (AvgIpc) is 2.54. The van der Waals surface area contributed by atoms with Crippen molar-refractivity contribution < 1.29 is 4.74 Å². The van der Waals surface area contributed by atoms with E-state index < -0.39 is 0 Å². The molecular formula is C18H28N2O. The molecule has 1 N–H and O–H groups in total. The number of nitrogens with one attached hydrogen (secondary N) is 1. The average molecular weight is 288 g/mol. The van der Waals surface area contributed by atoms with Crippen LogP contribution in [0.3, 0.4) is 0 Å². The molecule has 1 fully saturated rings. The summed E-state index contributed by atoms with van der Waals surface area (Å²) in [7, 11) is 2.06. The number of likely N-dealkylation sites (tertiary alicyclic amines) is 1. The van der Waals surface area contributed by atoms with Crippen molar-refractivity contribution in [3.8, 4) is 5.75 Å². The van der Waals surface area contributed by atoms with Gasteiger partial charge in [-0.05, 0) is 57.5 Å². The van der Waals surface area contributed by atoms with Gasteiger partial charge in [0.1, 0.15) is 5.75 Å². The van der Waals surface area contributed by atoms with Crippen LogP contribution in [-0.2, 0) is 0 Å². The Morgan fingerprint density at radius 3 is 3.05 bits per heavy atom. The van der Waals surface area contributed by atoms with Crippen molar-refractivity contribution in [1.29, 1.82) is 0 Å². The fourth-order valence-electron chi connectivity index (χ4n) is 3.83. The van der Waals surface area contributed by atoms with E-state index in [0.29, 0.717) is 5.92 Å². The highest BCUT2D eigenvalue weighted by atomic mass is 16.5. The number of hydrogen-bond donors (Lipinski definition) is 1. The first kappa shape index (κ1) is 14.9. The summed E-state index contributed by atoms with van der Waals surface area (Å²) in [5.41, 5.74) is 1.42. The lowest BCUT2D eigenvalue weighted by Crippen LogP contribution is -2.43. The molecule has 0 aliphatic carbocycles. The van der Waals surface area contributed by atoms with Gasteiger partial charge in [0.2, 0.25) is 0 Å². The number of ether oxygens (including phenoxy) is 1. The minimum atomic E-state index is 0.644. The fourth-order valence-corrected chi connectivity index (χ4v) is 3.83. The van der Waals surface area contributed by atoms with E-state index in [1.807, 2.05) is 0 Å². The monoisotopic (exact) mass is 288 g/mol. The molecule has 1 aromatic carbocycles. The minimum Gasteiger partial charge on any atom is -0.493 e. The van der Waals surface area contributed by atoms with Gasteiger partial charge in [-0.1, -0.05) is 24.6 Å². The predicted octanol–water partition coefficient (Wildman–Crippen LogP) is 3.02. The Hall–Kier alpha value is -1.06. The number of hydrogen-bond acceptors (Lipinski definition) is 3. The van der Waals surface area contributed by atoms with E-state index in [1.54, 1.807) is 0 Å². The van der Waals surface area contributed by atoms with E-state index in [1.165, 1.54) is 44.3 Å². The van der Waals surface area contributed by atoms with E-state index in [2.05, 4.69) is 41.5 Å². The van der Waals surface area contributed by atoms with Crippen LogP contribution in [0.4, 0.5) is 0 Å². The third-order valence-electron chi connectivity index (χ3n) is 5.01. The van der Waals surface area contributed by atoms with Crippen molar-refractivity contribution in [3.63, 3.8) is 0 Å². The molecule has 1 saturated heterocycles. The summed E-state index contributed by atoms with van der Waals surface area (Å²) in [4.78, 5) is 2.74. The smallest absolute Gasteiger partial charge is 0.122 e. The summed E-state index contributed by atoms with van der Waals surface area (Å²) >= 11 is 0. The van der Waals surface area contributed by atoms with Crippen LogP contribution < -0.4 is 10.1 Å². The van der Waals surface area contributed by atoms with Crippen LogP contribution in [-0.4, -0.2) is 44.2 Å². The van der Waals surface area contributed by atoms with Crippen LogP contribution in [0.2, 0.25) is 0 Å². The Balaban J connectivity index is 1.67. The summed E-state index contributed by atoms with van der Waals surface area (Å²) in [5.74, 6) is 1.75. The zero-order valence-corrected chi connectivity index (χ0v) is 13.2. The van der Waals surface area contributed by atoms with Gasteiger partial charge in [0.25, 0.3) is 0 Å². The Morgan fingerprint density at radius 1 is 1.24 bits per heavy atom. The maximum absolute atomic E-state index is 5.81. The number of fused-ring (bicyclic) bond motifs is 1. The van der Waals surface area contributed by atoms with Gasteiger partial charge in [-0.15, -0.1) is 0 Å². The highest BCUT2D eigenvalue weighted by Crippen LogP contribution is 2.35. The molecular weight excluding hydrogens is 260 g/mol. The van der Waals surface area contributed by atoms with Crippen molar-refractivity contribution in [3.05, 3.63) is 29.8 Å². The molecule has 21 heavy (non-hydrogen) atoms. The van der Waals surface area contributed by atoms with Crippen LogP contribution in [0, 0.1) is 0 Å². The standard InChI is InChI=1S/C18H28N2O/c1-19-11-9-16-6-4-5-12-20(16)14-15-10-13-21-18-8-3-2-7-17(15)18/h2-3,7-8,15-16,19H,4-6,9-14H2,1H3. The molecule has 2 atom stereocenters. The number of nitrogens with zero attached hydrogens (tertiary/aromatic N) is 1. The van der Waals surface area contributed by atoms with Crippen molar-refractivity contribution in [2.24, 2.45) is 0 Å². The molecule has 0 bridgehead atoms. The van der Waals surface area contributed by atoms with Gasteiger partial charge in [-0.25, -0.2) is 0 Å². The molecule has 3 rings (SSSR count). The topological polar surface area (TPSA) is 24.5 Å². The predicted molar refractivity (Wildman–Crippen MR) is 87.1 cm³/mol. The van der Waals surface area contributed by atoms with E-state index in [4.69, 9.17) is 4.74 Å². The Labute approximate surface area is 128 Å². The molecule has 3 nitrogen and oxygen atoms in total. The lowest BCUT2D eigenvalue weighted by atomic mass is 9.90. The molecule has 3 heteroatoms. The van der Waals surface area contributed by atoms with Gasteiger partial charge in [0.15, 0.2) is 0 Å². The number of para-hydroxylation sites is 1. The fraction of sp³-hybridized carbons (Fsp3) is 0.667. The summed E-state index contributed by atoms with van der Waals surface area (Å²) < 4.78 is 5.81. The summed E-state index contributed by atoms with van der Waals surface area (Å²) in [6.07, 6.45) is 6.57. The van der Waals surface area contributed by atoms with Crippen molar-refractivity contribution in [1.82, 2.24) is 10.2 Å². The second-order valence-electron chi connectivity index (χ2n) is 6.41. The lowest BCUT2D eigenvalue weighted by molar-refractivity contribution is 0.121. The first-order valence-corrected chi connectivity index (χ1v) is 8.49. The van der Waals surface area contributed by atoms with Crippen molar-refractivity contribution in [2.75, 3.05) is 33.3 Å². The number of rotatable bonds is 5. The van der Waals surface area contributed by atoms with E-state index in [-0.39, 0.29) is 0 Å². The summed E-state index contributed by atoms with van der Waals surface area (Å²) in [5, 5.41) is 3.31. The highest BCUT2D eigenvalue weighted by molar-refractivity contribution is 5.38. The molecule has 0 aromatic heterocycles. The number of piperidine rings is 1. The van der Waals surface area contributed by atoms with Gasteiger partial charge >= 0.3 is 0 Å². The molecule has 2 aliphatic heterocycles. The van der Waals surface area contributed by atoms with Crippen LogP contribution in [0.15, 0.2) is 24.3 Å². The molecule has 0 amide bonds. The molecule has 2 unspecified atom stereocenters. The zero-order chi connectivity index (χ0) is 14.5. The highest BCUT2D eigenvalue weighted by Gasteiger charge is 2.28. The van der Waals surface area contributed by atoms with E-state index >= 15 is 0 Å². The quantitative estimate of drug-likeness (QED) is 0.901. The van der Waals surface area contributed by atoms with Gasteiger partial charge < -0.3 is 10.1 Å². The van der Waals surface area contributed by atoms with E-state index in [9.17, 15) is 0 Å². The SMILES string of the molecule is CNCCC1CCCCN1CC1CCOc2ccccc21. The Bertz CT molecular complexity index is 449. The normalized spacial score (nSPS) is 26.1. The van der Waals surface area contributed by atoms with Gasteiger partial charge in [0.05, 0.1) is 6.61 Å². The molecule has 116 valence electrons. The second kappa shape index (κ2) is 7.28. The Kier molecular flexibility index (Phi) is 5.15. The maximum Gasteiger partial charge on any atom is 0.122 e. The zero-order valence-electron chi connectivity index (χ0n) is 13.2. The van der Waals surface area contributed by atoms with Crippen molar-refractivity contribution in [2.45, 2.75) is 44.1 Å². The van der Waals surface area contributed by atoms with Crippen molar-refractivity contribution >= 4 is 0 Å². The molecule has 0 spiro atoms. The molecule has 0 saturated carbocycles. The third kappa shape index (κ3) is 3.58. The van der Waals surface area contributed by atoms with Gasteiger partial charge in [-0.3, -0.25) is 4.90 Å². The maximum atomic E-state index is 5.81. The van der Waals surface area contributed by atoms with Crippen LogP contribution >= 0.6 is 0 Å². The minimum absolute atomic E-state index is 0.644. The first-order valence-electron chi connectivity index (χ1n) is 8.49. The largest absolute Gasteiger partial charge is 0.493 e. The van der Waals surface area contributed by atoms with Crippen LogP contribution in [0.5, 0.6) is 5.75 Å². The van der Waals surface area contributed by atoms with Gasteiger partial charge in [-0.2, -0.15) is 0 Å². The molecule has 0 radical (unpaired) electrons. The number of benzene rings is 1. The lowest BCUT2D eigenvalue weighted by Gasteiger charge is -2.39. The molecule has 2 aliphatic rings. The Morgan fingerprint density at radius 2 is 2.14 bits per heavy atom. The van der Waals surface area contributed by atoms with Crippen LogP contribution in [0.25, 0.3) is 0 Å². The first-order chi connectivity index (χ1) is 10.4. The van der Waals surface area contributed by atoms with E-state index in [0.717, 1.165) is 31.4 Å². The van der Waals surface area contributed by atoms with Crippen LogP contribution in [0.1, 0.15) is 43.6 Å². The second-order valence-corrected chi connectivity index (χ2v) is 6.41. The van der Waals surface area contributed by atoms with Gasteiger partial charge in [0, 0.05) is 18.5 Å². The summed E-state index contributed by atoms with van der Waals surface area (Å²) in [6.45, 7) is 4.48. The molecule has 1 aromatic rings. The molecule has 2 heterocycles. The summed E-state index contributed by atoms with van der Waals surface area (Å²) in [6, 6.07) is 9.37.